The Morgan fingerprint density at radius 3 is 2.48 bits per heavy atom. The van der Waals surface area contributed by atoms with Crippen molar-refractivity contribution in [3.05, 3.63) is 101 Å². The van der Waals surface area contributed by atoms with Crippen LogP contribution in [-0.4, -0.2) is 18.3 Å². The largest absolute Gasteiger partial charge is 0.444 e. The maximum atomic E-state index is 12.0. The number of aliphatic imine (C=N–C) groups is 1. The zero-order valence-corrected chi connectivity index (χ0v) is 14.9. The Kier molecular flexibility index (Phi) is 4.97. The van der Waals surface area contributed by atoms with E-state index in [0.717, 1.165) is 29.8 Å². The summed E-state index contributed by atoms with van der Waals surface area (Å²) in [6, 6.07) is 25.7. The zero-order valence-electron chi connectivity index (χ0n) is 14.9. The first-order valence-corrected chi connectivity index (χ1v) is 9.00. The number of nitrogens with one attached hydrogen (secondary N) is 1. The van der Waals surface area contributed by atoms with Crippen LogP contribution in [0, 0.1) is 0 Å². The summed E-state index contributed by atoms with van der Waals surface area (Å²) in [6.45, 7) is 1.05. The van der Waals surface area contributed by atoms with E-state index in [2.05, 4.69) is 23.5 Å². The number of benzene rings is 3. The topological polar surface area (TPSA) is 50.7 Å². The Labute approximate surface area is 158 Å². The number of carbonyl (C=O) groups is 1. The van der Waals surface area contributed by atoms with Crippen LogP contribution >= 0.6 is 0 Å². The summed E-state index contributed by atoms with van der Waals surface area (Å²) in [5.74, 6) is 0. The molecule has 3 aromatic carbocycles. The molecule has 27 heavy (non-hydrogen) atoms. The summed E-state index contributed by atoms with van der Waals surface area (Å²) in [6.07, 6.45) is 0.513. The molecule has 0 aliphatic carbocycles. The van der Waals surface area contributed by atoms with Crippen molar-refractivity contribution in [2.75, 3.05) is 11.9 Å². The van der Waals surface area contributed by atoms with Gasteiger partial charge in [-0.05, 0) is 29.7 Å². The number of nitrogens with zero attached hydrogens (tertiary/aromatic N) is 1. The third-order valence-corrected chi connectivity index (χ3v) is 4.54. The number of carbonyl (C=O) groups excluding carboxylic acids is 1. The van der Waals surface area contributed by atoms with Crippen molar-refractivity contribution in [2.45, 2.75) is 13.0 Å². The predicted octanol–water partition coefficient (Wildman–Crippen LogP) is 4.83. The molecule has 0 saturated heterocycles. The molecule has 1 N–H and O–H groups in total. The fraction of sp³-hybridized carbons (Fsp3) is 0.130. The molecule has 0 bridgehead atoms. The van der Waals surface area contributed by atoms with Crippen molar-refractivity contribution >= 4 is 17.5 Å². The quantitative estimate of drug-likeness (QED) is 0.728. The van der Waals surface area contributed by atoms with Crippen LogP contribution in [0.4, 0.5) is 10.5 Å². The molecule has 4 rings (SSSR count). The minimum atomic E-state index is -0.466. The van der Waals surface area contributed by atoms with E-state index >= 15 is 0 Å². The molecular weight excluding hydrogens is 336 g/mol. The molecule has 4 nitrogen and oxygen atoms in total. The molecule has 0 fully saturated rings. The van der Waals surface area contributed by atoms with Gasteiger partial charge in [-0.1, -0.05) is 66.7 Å². The first-order valence-electron chi connectivity index (χ1n) is 9.00. The molecule has 0 spiro atoms. The van der Waals surface area contributed by atoms with Crippen LogP contribution in [0.25, 0.3) is 0 Å². The van der Waals surface area contributed by atoms with E-state index < -0.39 is 6.09 Å². The zero-order chi connectivity index (χ0) is 18.5. The van der Waals surface area contributed by atoms with E-state index in [1.54, 1.807) is 0 Å². The number of ether oxygens (including phenoxy) is 1. The van der Waals surface area contributed by atoms with Gasteiger partial charge in [-0.3, -0.25) is 10.3 Å². The fourth-order valence-corrected chi connectivity index (χ4v) is 3.18. The highest BCUT2D eigenvalue weighted by Crippen LogP contribution is 2.21. The van der Waals surface area contributed by atoms with Gasteiger partial charge in [0.15, 0.2) is 0 Å². The van der Waals surface area contributed by atoms with Crippen molar-refractivity contribution in [2.24, 2.45) is 4.99 Å². The molecule has 0 atom stereocenters. The predicted molar refractivity (Wildman–Crippen MR) is 107 cm³/mol. The van der Waals surface area contributed by atoms with Crippen LogP contribution in [0.2, 0.25) is 0 Å². The van der Waals surface area contributed by atoms with Gasteiger partial charge in [0, 0.05) is 23.4 Å². The lowest BCUT2D eigenvalue weighted by Crippen LogP contribution is -2.15. The Bertz CT molecular complexity index is 963. The van der Waals surface area contributed by atoms with E-state index in [4.69, 9.17) is 9.73 Å². The van der Waals surface area contributed by atoms with Gasteiger partial charge in [0.25, 0.3) is 0 Å². The third-order valence-electron chi connectivity index (χ3n) is 4.54. The third kappa shape index (κ3) is 4.06. The number of amides is 1. The van der Waals surface area contributed by atoms with Crippen molar-refractivity contribution < 1.29 is 9.53 Å². The number of rotatable bonds is 4. The van der Waals surface area contributed by atoms with Crippen LogP contribution in [-0.2, 0) is 17.8 Å². The molecule has 0 saturated carbocycles. The van der Waals surface area contributed by atoms with Gasteiger partial charge in [0.1, 0.15) is 6.61 Å². The molecule has 3 aromatic rings. The van der Waals surface area contributed by atoms with Crippen LogP contribution in [0.15, 0.2) is 83.9 Å². The van der Waals surface area contributed by atoms with E-state index in [0.29, 0.717) is 5.69 Å². The Morgan fingerprint density at radius 1 is 0.926 bits per heavy atom. The molecule has 1 heterocycles. The highest BCUT2D eigenvalue weighted by molar-refractivity contribution is 6.14. The number of hydrogen-bond acceptors (Lipinski definition) is 3. The van der Waals surface area contributed by atoms with Crippen LogP contribution in [0.1, 0.15) is 22.3 Å². The smallest absolute Gasteiger partial charge is 0.411 e. The van der Waals surface area contributed by atoms with Gasteiger partial charge in [0.05, 0.1) is 5.71 Å². The van der Waals surface area contributed by atoms with Gasteiger partial charge in [-0.2, -0.15) is 0 Å². The standard InChI is InChI=1S/C23H20N2O2/c26-23(27-16-17-6-2-1-3-7-17)25-20-12-10-19(11-13-20)22-21-9-5-4-8-18(21)14-15-24-22/h1-13H,14-16H2,(H,25,26). The van der Waals surface area contributed by atoms with E-state index in [1.807, 2.05) is 60.7 Å². The second-order valence-corrected chi connectivity index (χ2v) is 6.40. The van der Waals surface area contributed by atoms with E-state index in [1.165, 1.54) is 11.1 Å². The lowest BCUT2D eigenvalue weighted by molar-refractivity contribution is 0.155. The molecule has 134 valence electrons. The maximum absolute atomic E-state index is 12.0. The molecule has 1 aliphatic rings. The van der Waals surface area contributed by atoms with E-state index in [9.17, 15) is 4.79 Å². The second kappa shape index (κ2) is 7.87. The molecule has 0 unspecified atom stereocenters. The first-order chi connectivity index (χ1) is 13.3. The van der Waals surface area contributed by atoms with Crippen molar-refractivity contribution in [1.82, 2.24) is 0 Å². The fourth-order valence-electron chi connectivity index (χ4n) is 3.18. The monoisotopic (exact) mass is 356 g/mol. The second-order valence-electron chi connectivity index (χ2n) is 6.40. The Hall–Kier alpha value is -3.40. The Balaban J connectivity index is 1.41. The molecule has 1 aliphatic heterocycles. The summed E-state index contributed by atoms with van der Waals surface area (Å²) in [4.78, 5) is 16.7. The lowest BCUT2D eigenvalue weighted by Gasteiger charge is -2.17. The van der Waals surface area contributed by atoms with Crippen LogP contribution in [0.3, 0.4) is 0 Å². The number of hydrogen-bond donors (Lipinski definition) is 1. The van der Waals surface area contributed by atoms with Crippen LogP contribution in [0.5, 0.6) is 0 Å². The van der Waals surface area contributed by atoms with Gasteiger partial charge in [-0.25, -0.2) is 4.79 Å². The minimum absolute atomic E-state index is 0.248. The van der Waals surface area contributed by atoms with E-state index in [-0.39, 0.29) is 6.61 Å². The van der Waals surface area contributed by atoms with Crippen molar-refractivity contribution in [1.29, 1.82) is 0 Å². The SMILES string of the molecule is O=C(Nc1ccc(C2=NCCc3ccccc32)cc1)OCc1ccccc1. The molecule has 1 amide bonds. The van der Waals surface area contributed by atoms with Crippen LogP contribution < -0.4 is 5.32 Å². The van der Waals surface area contributed by atoms with Crippen molar-refractivity contribution in [3.8, 4) is 0 Å². The Morgan fingerprint density at radius 2 is 1.67 bits per heavy atom. The average molecular weight is 356 g/mol. The first kappa shape index (κ1) is 17.0. The van der Waals surface area contributed by atoms with Gasteiger partial charge in [-0.15, -0.1) is 0 Å². The molecular formula is C23H20N2O2. The summed E-state index contributed by atoms with van der Waals surface area (Å²) < 4.78 is 5.25. The van der Waals surface area contributed by atoms with Gasteiger partial charge in [0.2, 0.25) is 0 Å². The van der Waals surface area contributed by atoms with Crippen molar-refractivity contribution in [3.63, 3.8) is 0 Å². The molecule has 0 aromatic heterocycles. The maximum Gasteiger partial charge on any atom is 0.411 e. The highest BCUT2D eigenvalue weighted by Gasteiger charge is 2.15. The molecule has 0 radical (unpaired) electrons. The summed E-state index contributed by atoms with van der Waals surface area (Å²) >= 11 is 0. The summed E-state index contributed by atoms with van der Waals surface area (Å²) in [7, 11) is 0. The number of anilines is 1. The minimum Gasteiger partial charge on any atom is -0.444 e. The summed E-state index contributed by atoms with van der Waals surface area (Å²) in [5.41, 5.74) is 6.22. The highest BCUT2D eigenvalue weighted by atomic mass is 16.5. The van der Waals surface area contributed by atoms with Gasteiger partial charge < -0.3 is 4.74 Å². The lowest BCUT2D eigenvalue weighted by atomic mass is 9.93. The molecule has 4 heteroatoms. The number of fused-ring (bicyclic) bond motifs is 1. The summed E-state index contributed by atoms with van der Waals surface area (Å²) in [5, 5.41) is 2.76. The average Bonchev–Trinajstić information content (AvgIpc) is 2.73. The van der Waals surface area contributed by atoms with Gasteiger partial charge >= 0.3 is 6.09 Å². The normalized spacial score (nSPS) is 12.7.